The minimum absolute atomic E-state index is 0.0372. The Bertz CT molecular complexity index is 513. The highest BCUT2D eigenvalue weighted by Crippen LogP contribution is 2.10. The van der Waals surface area contributed by atoms with Crippen molar-refractivity contribution in [2.24, 2.45) is 0 Å². The van der Waals surface area contributed by atoms with Gasteiger partial charge in [-0.3, -0.25) is 9.59 Å². The third-order valence-corrected chi connectivity index (χ3v) is 3.86. The van der Waals surface area contributed by atoms with Crippen LogP contribution < -0.4 is 15.4 Å². The number of ether oxygens (including phenoxy) is 1. The number of carbonyl (C=O) groups is 2. The van der Waals surface area contributed by atoms with Crippen LogP contribution in [0.15, 0.2) is 24.3 Å². The number of hydrogen-bond acceptors (Lipinski definition) is 4. The third-order valence-electron chi connectivity index (χ3n) is 3.86. The van der Waals surface area contributed by atoms with Gasteiger partial charge in [0.25, 0.3) is 0 Å². The minimum atomic E-state index is -0.0899. The summed E-state index contributed by atoms with van der Waals surface area (Å²) in [5.74, 6) is 0.810. The largest absolute Gasteiger partial charge is 0.497 e. The molecule has 0 fully saturated rings. The average molecular weight is 335 g/mol. The van der Waals surface area contributed by atoms with Gasteiger partial charge in [-0.05, 0) is 38.5 Å². The monoisotopic (exact) mass is 335 g/mol. The molecular formula is C18H29N3O3. The number of nitrogens with one attached hydrogen (secondary N) is 2. The van der Waals surface area contributed by atoms with Gasteiger partial charge in [-0.25, -0.2) is 0 Å². The predicted octanol–water partition coefficient (Wildman–Crippen LogP) is 1.55. The van der Waals surface area contributed by atoms with E-state index in [1.165, 1.54) is 0 Å². The Kier molecular flexibility index (Phi) is 8.86. The number of methoxy groups -OCH3 is 1. The van der Waals surface area contributed by atoms with Crippen LogP contribution in [0.1, 0.15) is 32.8 Å². The zero-order valence-corrected chi connectivity index (χ0v) is 15.1. The van der Waals surface area contributed by atoms with Gasteiger partial charge in [0.15, 0.2) is 0 Å². The van der Waals surface area contributed by atoms with Gasteiger partial charge in [0.1, 0.15) is 5.75 Å². The maximum atomic E-state index is 12.0. The van der Waals surface area contributed by atoms with Crippen LogP contribution >= 0.6 is 0 Å². The van der Waals surface area contributed by atoms with Crippen molar-refractivity contribution in [2.45, 2.75) is 39.8 Å². The van der Waals surface area contributed by atoms with Crippen molar-refractivity contribution in [1.29, 1.82) is 0 Å². The van der Waals surface area contributed by atoms with E-state index in [0.717, 1.165) is 11.3 Å². The molecule has 0 saturated carbocycles. The highest BCUT2D eigenvalue weighted by molar-refractivity contribution is 5.78. The number of carbonyl (C=O) groups excluding carboxylic acids is 2. The van der Waals surface area contributed by atoms with E-state index in [1.807, 2.05) is 45.0 Å². The first-order chi connectivity index (χ1) is 11.5. The summed E-state index contributed by atoms with van der Waals surface area (Å²) >= 11 is 0. The number of rotatable bonds is 10. The summed E-state index contributed by atoms with van der Waals surface area (Å²) in [5, 5.41) is 5.94. The lowest BCUT2D eigenvalue weighted by Gasteiger charge is -2.21. The van der Waals surface area contributed by atoms with E-state index in [0.29, 0.717) is 26.1 Å². The molecule has 0 heterocycles. The Morgan fingerprint density at radius 3 is 2.33 bits per heavy atom. The summed E-state index contributed by atoms with van der Waals surface area (Å²) in [6.07, 6.45) is 0.396. The van der Waals surface area contributed by atoms with Crippen LogP contribution in [0, 0.1) is 0 Å². The lowest BCUT2D eigenvalue weighted by atomic mass is 10.2. The van der Waals surface area contributed by atoms with Gasteiger partial charge in [-0.2, -0.15) is 0 Å². The normalized spacial score (nSPS) is 11.7. The molecule has 0 radical (unpaired) electrons. The van der Waals surface area contributed by atoms with Gasteiger partial charge in [0, 0.05) is 32.1 Å². The Balaban J connectivity index is 2.28. The van der Waals surface area contributed by atoms with Crippen molar-refractivity contribution in [1.82, 2.24) is 15.5 Å². The molecule has 1 aromatic rings. The van der Waals surface area contributed by atoms with Crippen LogP contribution in [0.2, 0.25) is 0 Å². The van der Waals surface area contributed by atoms with E-state index < -0.39 is 0 Å². The van der Waals surface area contributed by atoms with E-state index >= 15 is 0 Å². The minimum Gasteiger partial charge on any atom is -0.497 e. The highest BCUT2D eigenvalue weighted by Gasteiger charge is 2.14. The molecule has 0 aliphatic heterocycles. The van der Waals surface area contributed by atoms with E-state index in [2.05, 4.69) is 10.6 Å². The number of amides is 2. The van der Waals surface area contributed by atoms with Crippen molar-refractivity contribution in [3.8, 4) is 5.75 Å². The maximum absolute atomic E-state index is 12.0. The fraction of sp³-hybridized carbons (Fsp3) is 0.556. The van der Waals surface area contributed by atoms with Crippen molar-refractivity contribution in [3.63, 3.8) is 0 Å². The topological polar surface area (TPSA) is 70.7 Å². The summed E-state index contributed by atoms with van der Waals surface area (Å²) in [6.45, 7) is 7.94. The second-order valence-electron chi connectivity index (χ2n) is 5.68. The first kappa shape index (κ1) is 20.0. The predicted molar refractivity (Wildman–Crippen MR) is 94.9 cm³/mol. The molecule has 0 bridgehead atoms. The first-order valence-electron chi connectivity index (χ1n) is 8.40. The van der Waals surface area contributed by atoms with Crippen LogP contribution in [0.5, 0.6) is 5.75 Å². The van der Waals surface area contributed by atoms with Gasteiger partial charge < -0.3 is 20.3 Å². The quantitative estimate of drug-likeness (QED) is 0.680. The van der Waals surface area contributed by atoms with Gasteiger partial charge in [-0.15, -0.1) is 0 Å². The van der Waals surface area contributed by atoms with E-state index in [9.17, 15) is 9.59 Å². The fourth-order valence-electron chi connectivity index (χ4n) is 2.31. The molecule has 0 saturated heterocycles. The standard InChI is InChI=1S/C18H29N3O3/c1-5-21(6-2)18(23)11-14(3)19-13-17(22)20-12-15-7-9-16(24-4)10-8-15/h7-10,14,19H,5-6,11-13H2,1-4H3,(H,20,22)/t14-/m0/s1. The fourth-order valence-corrected chi connectivity index (χ4v) is 2.31. The third kappa shape index (κ3) is 7.00. The zero-order chi connectivity index (χ0) is 17.9. The molecule has 2 amide bonds. The van der Waals surface area contributed by atoms with Crippen molar-refractivity contribution in [3.05, 3.63) is 29.8 Å². The van der Waals surface area contributed by atoms with E-state index in [-0.39, 0.29) is 24.4 Å². The molecule has 0 aromatic heterocycles. The lowest BCUT2D eigenvalue weighted by molar-refractivity contribution is -0.131. The number of hydrogen-bond donors (Lipinski definition) is 2. The molecule has 0 aliphatic rings. The van der Waals surface area contributed by atoms with Crippen LogP contribution in [-0.4, -0.2) is 49.5 Å². The molecule has 6 heteroatoms. The van der Waals surface area contributed by atoms with Crippen LogP contribution in [0.4, 0.5) is 0 Å². The first-order valence-corrected chi connectivity index (χ1v) is 8.40. The molecule has 1 atom stereocenters. The van der Waals surface area contributed by atoms with Gasteiger partial charge in [0.2, 0.25) is 11.8 Å². The van der Waals surface area contributed by atoms with Crippen LogP contribution in [-0.2, 0) is 16.1 Å². The second kappa shape index (κ2) is 10.6. The maximum Gasteiger partial charge on any atom is 0.234 e. The number of benzene rings is 1. The van der Waals surface area contributed by atoms with Gasteiger partial charge >= 0.3 is 0 Å². The average Bonchev–Trinajstić information content (AvgIpc) is 2.59. The molecule has 1 rings (SSSR count). The molecule has 0 aliphatic carbocycles. The Labute approximate surface area is 144 Å². The molecular weight excluding hydrogens is 306 g/mol. The van der Waals surface area contributed by atoms with Crippen molar-refractivity contribution >= 4 is 11.8 Å². The van der Waals surface area contributed by atoms with Gasteiger partial charge in [0.05, 0.1) is 13.7 Å². The molecule has 6 nitrogen and oxygen atoms in total. The summed E-state index contributed by atoms with van der Waals surface area (Å²) in [4.78, 5) is 25.7. The summed E-state index contributed by atoms with van der Waals surface area (Å²) in [6, 6.07) is 7.52. The van der Waals surface area contributed by atoms with Crippen molar-refractivity contribution in [2.75, 3.05) is 26.7 Å². The summed E-state index contributed by atoms with van der Waals surface area (Å²) < 4.78 is 5.10. The van der Waals surface area contributed by atoms with Crippen molar-refractivity contribution < 1.29 is 14.3 Å². The molecule has 2 N–H and O–H groups in total. The Morgan fingerprint density at radius 1 is 1.17 bits per heavy atom. The molecule has 0 spiro atoms. The smallest absolute Gasteiger partial charge is 0.234 e. The SMILES string of the molecule is CCN(CC)C(=O)C[C@H](C)NCC(=O)NCc1ccc(OC)cc1. The Morgan fingerprint density at radius 2 is 1.79 bits per heavy atom. The number of nitrogens with zero attached hydrogens (tertiary/aromatic N) is 1. The zero-order valence-electron chi connectivity index (χ0n) is 15.1. The summed E-state index contributed by atoms with van der Waals surface area (Å²) in [5.41, 5.74) is 1.01. The summed E-state index contributed by atoms with van der Waals surface area (Å²) in [7, 11) is 1.62. The second-order valence-corrected chi connectivity index (χ2v) is 5.68. The Hall–Kier alpha value is -2.08. The highest BCUT2D eigenvalue weighted by atomic mass is 16.5. The molecule has 134 valence electrons. The van der Waals surface area contributed by atoms with Crippen LogP contribution in [0.3, 0.4) is 0 Å². The molecule has 1 aromatic carbocycles. The van der Waals surface area contributed by atoms with E-state index in [1.54, 1.807) is 12.0 Å². The lowest BCUT2D eigenvalue weighted by Crippen LogP contribution is -2.41. The molecule has 0 unspecified atom stereocenters. The molecule has 24 heavy (non-hydrogen) atoms. The van der Waals surface area contributed by atoms with E-state index in [4.69, 9.17) is 4.74 Å². The van der Waals surface area contributed by atoms with Gasteiger partial charge in [-0.1, -0.05) is 12.1 Å². The van der Waals surface area contributed by atoms with Crippen LogP contribution in [0.25, 0.3) is 0 Å².